The molecule has 1 aliphatic rings. The van der Waals surface area contributed by atoms with Gasteiger partial charge in [-0.2, -0.15) is 4.90 Å². The fourth-order valence-corrected chi connectivity index (χ4v) is 3.57. The van der Waals surface area contributed by atoms with E-state index in [0.717, 1.165) is 12.8 Å². The van der Waals surface area contributed by atoms with E-state index < -0.39 is 23.6 Å². The summed E-state index contributed by atoms with van der Waals surface area (Å²) in [5.74, 6) is 1.25. The number of hydrogen-bond donors (Lipinski definition) is 3. The largest absolute Gasteiger partial charge is 0.468 e. The number of nitrogens with one attached hydrogen (secondary N) is 3. The molecular weight excluding hydrogens is 316 g/mol. The minimum atomic E-state index is -0.685. The van der Waals surface area contributed by atoms with Gasteiger partial charge in [-0.1, -0.05) is 13.8 Å². The monoisotopic (exact) mass is 344 g/mol. The molecule has 132 valence electrons. The predicted octanol–water partition coefficient (Wildman–Crippen LogP) is 3.17. The van der Waals surface area contributed by atoms with E-state index in [1.807, 2.05) is 0 Å². The van der Waals surface area contributed by atoms with Gasteiger partial charge in [0.05, 0.1) is 7.11 Å². The van der Waals surface area contributed by atoms with E-state index in [-0.39, 0.29) is 0 Å². The van der Waals surface area contributed by atoms with Crippen molar-refractivity contribution >= 4 is 30.0 Å². The molecule has 1 fully saturated rings. The van der Waals surface area contributed by atoms with Crippen LogP contribution in [0.3, 0.4) is 0 Å². The van der Waals surface area contributed by atoms with Gasteiger partial charge in [-0.25, -0.2) is 9.59 Å². The average Bonchev–Trinajstić information content (AvgIpc) is 2.73. The lowest BCUT2D eigenvalue weighted by atomic mass is 10.0. The molecule has 0 bridgehead atoms. The van der Waals surface area contributed by atoms with Crippen molar-refractivity contribution in [1.82, 2.24) is 14.9 Å². The number of carbonyl (C=O) groups excluding carboxylic acids is 2. The van der Waals surface area contributed by atoms with Crippen LogP contribution in [0.4, 0.5) is 9.59 Å². The summed E-state index contributed by atoms with van der Waals surface area (Å²) in [6.07, 6.45) is 2.06. The fraction of sp³-hybridized carbons (Fsp3) is 0.800. The maximum absolute atomic E-state index is 12.3. The molecule has 2 unspecified atom stereocenters. The number of rotatable bonds is 2. The van der Waals surface area contributed by atoms with Gasteiger partial charge in [-0.15, -0.1) is 0 Å². The second-order valence-electron chi connectivity index (χ2n) is 7.10. The lowest BCUT2D eigenvalue weighted by molar-refractivity contribution is 0.192. The van der Waals surface area contributed by atoms with Gasteiger partial charge < -0.3 is 10.1 Å². The van der Waals surface area contributed by atoms with Crippen molar-refractivity contribution < 1.29 is 14.3 Å². The smallest absolute Gasteiger partial charge is 0.343 e. The molecule has 2 atom stereocenters. The third-order valence-corrected chi connectivity index (χ3v) is 4.85. The van der Waals surface area contributed by atoms with E-state index in [1.54, 1.807) is 20.8 Å². The maximum Gasteiger partial charge on any atom is 0.343 e. The van der Waals surface area contributed by atoms with Crippen LogP contribution in [0, 0.1) is 17.2 Å². The Morgan fingerprint density at radius 1 is 1.17 bits per heavy atom. The number of nitrogens with zero attached hydrogens (tertiary/aromatic N) is 1. The third kappa shape index (κ3) is 5.93. The minimum absolute atomic E-state index is 0.327. The first-order valence-electron chi connectivity index (χ1n) is 7.75. The van der Waals surface area contributed by atoms with Crippen LogP contribution >= 0.6 is 11.9 Å². The Balaban J connectivity index is 2.66. The highest BCUT2D eigenvalue weighted by Gasteiger charge is 2.32. The van der Waals surface area contributed by atoms with Crippen molar-refractivity contribution in [2.24, 2.45) is 11.8 Å². The van der Waals surface area contributed by atoms with Crippen molar-refractivity contribution in [2.75, 3.05) is 7.11 Å². The van der Waals surface area contributed by atoms with Gasteiger partial charge in [0.25, 0.3) is 0 Å². The Morgan fingerprint density at radius 3 is 2.13 bits per heavy atom. The zero-order chi connectivity index (χ0) is 17.8. The molecule has 4 amide bonds. The van der Waals surface area contributed by atoms with E-state index in [4.69, 9.17) is 10.1 Å². The normalized spacial score (nSPS) is 24.0. The summed E-state index contributed by atoms with van der Waals surface area (Å²) in [6.45, 7) is 9.81. The summed E-state index contributed by atoms with van der Waals surface area (Å²) in [6, 6.07) is -1.87. The molecule has 1 rings (SSSR count). The molecule has 0 aliphatic heterocycles. The van der Waals surface area contributed by atoms with Crippen LogP contribution in [0.2, 0.25) is 0 Å². The van der Waals surface area contributed by atoms with E-state index in [1.165, 1.54) is 19.1 Å². The Hall–Kier alpha value is -1.44. The van der Waals surface area contributed by atoms with Gasteiger partial charge in [-0.3, -0.25) is 10.1 Å². The van der Waals surface area contributed by atoms with E-state index in [0.29, 0.717) is 22.0 Å². The molecule has 23 heavy (non-hydrogen) atoms. The van der Waals surface area contributed by atoms with Crippen molar-refractivity contribution in [1.29, 1.82) is 5.41 Å². The summed E-state index contributed by atoms with van der Waals surface area (Å²) in [4.78, 5) is 25.2. The van der Waals surface area contributed by atoms with Crippen LogP contribution < -0.4 is 10.0 Å². The van der Waals surface area contributed by atoms with Crippen molar-refractivity contribution in [3.05, 3.63) is 0 Å². The van der Waals surface area contributed by atoms with Crippen LogP contribution in [-0.2, 0) is 4.74 Å². The van der Waals surface area contributed by atoms with Gasteiger partial charge in [0.2, 0.25) is 0 Å². The first kappa shape index (κ1) is 19.6. The van der Waals surface area contributed by atoms with Gasteiger partial charge in [0.1, 0.15) is 0 Å². The maximum atomic E-state index is 12.3. The third-order valence-electron chi connectivity index (χ3n) is 3.84. The molecular formula is C15H28N4O3S. The zero-order valence-electron chi connectivity index (χ0n) is 14.7. The molecule has 0 spiro atoms. The molecule has 7 nitrogen and oxygen atoms in total. The minimum Gasteiger partial charge on any atom is -0.468 e. The highest BCUT2D eigenvalue weighted by atomic mass is 32.2. The molecule has 0 radical (unpaired) electrons. The first-order valence-corrected chi connectivity index (χ1v) is 8.63. The molecule has 0 saturated heterocycles. The SMILES string of the molecule is COC(=N)N(C(=O)NSC1CC(C)C(C)C1)C(=O)NC(C)(C)C. The average molecular weight is 344 g/mol. The standard InChI is InChI=1S/C15H28N4O3S/c1-9-7-11(8-10(9)2)23-18-14(21)19(12(16)22-6)13(20)17-15(3,4)5/h9-11,16H,7-8H2,1-6H3,(H,17,20)(H,18,21). The van der Waals surface area contributed by atoms with Gasteiger partial charge in [-0.05, 0) is 57.4 Å². The van der Waals surface area contributed by atoms with Crippen LogP contribution in [0.1, 0.15) is 47.5 Å². The summed E-state index contributed by atoms with van der Waals surface area (Å²) >= 11 is 1.32. The lowest BCUT2D eigenvalue weighted by Crippen LogP contribution is -2.55. The predicted molar refractivity (Wildman–Crippen MR) is 92.3 cm³/mol. The number of amides is 4. The van der Waals surface area contributed by atoms with Crippen molar-refractivity contribution in [3.63, 3.8) is 0 Å². The number of methoxy groups -OCH3 is 1. The van der Waals surface area contributed by atoms with Crippen LogP contribution in [0.15, 0.2) is 0 Å². The number of amidine groups is 1. The van der Waals surface area contributed by atoms with Crippen LogP contribution in [0.25, 0.3) is 0 Å². The Bertz CT molecular complexity index is 454. The van der Waals surface area contributed by atoms with Crippen molar-refractivity contribution in [3.8, 4) is 0 Å². The molecule has 1 saturated carbocycles. The van der Waals surface area contributed by atoms with Gasteiger partial charge in [0.15, 0.2) is 0 Å². The summed E-state index contributed by atoms with van der Waals surface area (Å²) in [5, 5.41) is 10.7. The molecule has 0 aromatic carbocycles. The number of imide groups is 1. The van der Waals surface area contributed by atoms with Gasteiger partial charge in [0, 0.05) is 10.8 Å². The number of hydrogen-bond acceptors (Lipinski definition) is 5. The second-order valence-corrected chi connectivity index (χ2v) is 8.20. The van der Waals surface area contributed by atoms with E-state index >= 15 is 0 Å². The number of ether oxygens (including phenoxy) is 1. The highest BCUT2D eigenvalue weighted by molar-refractivity contribution is 7.98. The zero-order valence-corrected chi connectivity index (χ0v) is 15.5. The van der Waals surface area contributed by atoms with Crippen molar-refractivity contribution in [2.45, 2.75) is 58.2 Å². The Kier molecular flexibility index (Phi) is 6.73. The molecule has 0 aromatic heterocycles. The van der Waals surface area contributed by atoms with Crippen LogP contribution in [-0.4, -0.2) is 40.9 Å². The van der Waals surface area contributed by atoms with Crippen LogP contribution in [0.5, 0.6) is 0 Å². The second kappa shape index (κ2) is 7.90. The molecule has 1 aliphatic carbocycles. The summed E-state index contributed by atoms with van der Waals surface area (Å²) < 4.78 is 7.42. The molecule has 0 aromatic rings. The van der Waals surface area contributed by atoms with Gasteiger partial charge >= 0.3 is 18.1 Å². The van der Waals surface area contributed by atoms with E-state index in [9.17, 15) is 9.59 Å². The summed E-state index contributed by atoms with van der Waals surface area (Å²) in [7, 11) is 1.25. The van der Waals surface area contributed by atoms with E-state index in [2.05, 4.69) is 23.9 Å². The fourth-order valence-electron chi connectivity index (χ4n) is 2.41. The Labute approximate surface area is 142 Å². The molecule has 0 heterocycles. The summed E-state index contributed by atoms with van der Waals surface area (Å²) in [5.41, 5.74) is -0.521. The molecule has 3 N–H and O–H groups in total. The highest BCUT2D eigenvalue weighted by Crippen LogP contribution is 2.36. The number of urea groups is 2. The lowest BCUT2D eigenvalue weighted by Gasteiger charge is -2.26. The molecule has 8 heteroatoms. The Morgan fingerprint density at radius 2 is 1.70 bits per heavy atom. The quantitative estimate of drug-likeness (QED) is 0.407. The number of carbonyl (C=O) groups is 2. The first-order chi connectivity index (χ1) is 10.5. The topological polar surface area (TPSA) is 94.5 Å².